The van der Waals surface area contributed by atoms with E-state index in [0.29, 0.717) is 25.4 Å². The summed E-state index contributed by atoms with van der Waals surface area (Å²) in [5.41, 5.74) is 6.50. The second-order valence-corrected chi connectivity index (χ2v) is 4.30. The zero-order chi connectivity index (χ0) is 12.5. The van der Waals surface area contributed by atoms with Crippen LogP contribution in [0, 0.1) is 5.92 Å². The molecule has 1 aromatic heterocycles. The molecule has 1 rings (SSSR count). The van der Waals surface area contributed by atoms with E-state index in [1.807, 2.05) is 18.2 Å². The van der Waals surface area contributed by atoms with Crippen LogP contribution in [0.3, 0.4) is 0 Å². The number of carbonyl (C=O) groups is 1. The van der Waals surface area contributed by atoms with E-state index in [0.717, 1.165) is 18.5 Å². The van der Waals surface area contributed by atoms with E-state index >= 15 is 0 Å². The second kappa shape index (κ2) is 7.79. The molecule has 17 heavy (non-hydrogen) atoms. The summed E-state index contributed by atoms with van der Waals surface area (Å²) in [6, 6.07) is 5.80. The van der Waals surface area contributed by atoms with E-state index in [-0.39, 0.29) is 5.91 Å². The van der Waals surface area contributed by atoms with Gasteiger partial charge in [0.05, 0.1) is 0 Å². The van der Waals surface area contributed by atoms with Crippen LogP contribution in [0.4, 0.5) is 0 Å². The standard InChI is InChI=1S/C13H21N3O/c1-11(10-14)5-6-13(17)16-9-7-12-4-2-3-8-15-12/h2-4,8,11H,5-7,9-10,14H2,1H3,(H,16,17). The molecule has 1 aromatic rings. The summed E-state index contributed by atoms with van der Waals surface area (Å²) < 4.78 is 0. The minimum atomic E-state index is 0.0984. The Labute approximate surface area is 103 Å². The summed E-state index contributed by atoms with van der Waals surface area (Å²) >= 11 is 0. The van der Waals surface area contributed by atoms with E-state index < -0.39 is 0 Å². The molecule has 1 heterocycles. The lowest BCUT2D eigenvalue weighted by Crippen LogP contribution is -2.26. The lowest BCUT2D eigenvalue weighted by atomic mass is 10.1. The van der Waals surface area contributed by atoms with Gasteiger partial charge in [-0.05, 0) is 31.0 Å². The molecule has 4 nitrogen and oxygen atoms in total. The molecule has 0 spiro atoms. The Morgan fingerprint density at radius 1 is 1.53 bits per heavy atom. The molecule has 0 aliphatic rings. The van der Waals surface area contributed by atoms with Gasteiger partial charge in [-0.2, -0.15) is 0 Å². The van der Waals surface area contributed by atoms with Crippen LogP contribution in [0.1, 0.15) is 25.5 Å². The van der Waals surface area contributed by atoms with Crippen molar-refractivity contribution >= 4 is 5.91 Å². The highest BCUT2D eigenvalue weighted by molar-refractivity contribution is 5.75. The Balaban J connectivity index is 2.12. The Kier molecular flexibility index (Phi) is 6.25. The second-order valence-electron chi connectivity index (χ2n) is 4.30. The molecule has 0 fully saturated rings. The number of nitrogens with zero attached hydrogens (tertiary/aromatic N) is 1. The third-order valence-corrected chi connectivity index (χ3v) is 2.70. The largest absolute Gasteiger partial charge is 0.356 e. The Morgan fingerprint density at radius 3 is 3.00 bits per heavy atom. The van der Waals surface area contributed by atoms with Crippen molar-refractivity contribution in [2.45, 2.75) is 26.2 Å². The molecule has 94 valence electrons. The fraction of sp³-hybridized carbons (Fsp3) is 0.538. The van der Waals surface area contributed by atoms with Crippen molar-refractivity contribution < 1.29 is 4.79 Å². The third kappa shape index (κ3) is 6.02. The normalized spacial score (nSPS) is 12.1. The van der Waals surface area contributed by atoms with Crippen molar-refractivity contribution in [3.8, 4) is 0 Å². The Morgan fingerprint density at radius 2 is 2.35 bits per heavy atom. The van der Waals surface area contributed by atoms with Gasteiger partial charge in [0.15, 0.2) is 0 Å². The van der Waals surface area contributed by atoms with Crippen LogP contribution >= 0.6 is 0 Å². The molecule has 1 unspecified atom stereocenters. The number of amides is 1. The molecule has 0 radical (unpaired) electrons. The average Bonchev–Trinajstić information content (AvgIpc) is 2.37. The van der Waals surface area contributed by atoms with Crippen LogP contribution < -0.4 is 11.1 Å². The van der Waals surface area contributed by atoms with Crippen molar-refractivity contribution in [3.63, 3.8) is 0 Å². The maximum absolute atomic E-state index is 11.5. The number of nitrogens with two attached hydrogens (primary N) is 1. The van der Waals surface area contributed by atoms with Gasteiger partial charge in [0.25, 0.3) is 0 Å². The van der Waals surface area contributed by atoms with Crippen molar-refractivity contribution in [2.24, 2.45) is 11.7 Å². The van der Waals surface area contributed by atoms with Gasteiger partial charge in [-0.3, -0.25) is 9.78 Å². The maximum atomic E-state index is 11.5. The number of carbonyl (C=O) groups excluding carboxylic acids is 1. The van der Waals surface area contributed by atoms with E-state index in [1.165, 1.54) is 0 Å². The summed E-state index contributed by atoms with van der Waals surface area (Å²) in [4.78, 5) is 15.7. The van der Waals surface area contributed by atoms with Crippen molar-refractivity contribution in [3.05, 3.63) is 30.1 Å². The summed E-state index contributed by atoms with van der Waals surface area (Å²) in [5.74, 6) is 0.512. The van der Waals surface area contributed by atoms with Crippen LogP contribution in [0.25, 0.3) is 0 Å². The van der Waals surface area contributed by atoms with E-state index in [9.17, 15) is 4.79 Å². The van der Waals surface area contributed by atoms with Crippen molar-refractivity contribution in [1.82, 2.24) is 10.3 Å². The number of hydrogen-bond donors (Lipinski definition) is 2. The first-order valence-electron chi connectivity index (χ1n) is 6.09. The molecule has 4 heteroatoms. The molecule has 0 bridgehead atoms. The van der Waals surface area contributed by atoms with E-state index in [1.54, 1.807) is 6.20 Å². The molecule has 0 aliphatic heterocycles. The quantitative estimate of drug-likeness (QED) is 0.744. The van der Waals surface area contributed by atoms with Gasteiger partial charge in [0.1, 0.15) is 0 Å². The van der Waals surface area contributed by atoms with Gasteiger partial charge in [-0.15, -0.1) is 0 Å². The van der Waals surface area contributed by atoms with Crippen LogP contribution in [-0.2, 0) is 11.2 Å². The SMILES string of the molecule is CC(CN)CCC(=O)NCCc1ccccn1. The predicted molar refractivity (Wildman–Crippen MR) is 68.4 cm³/mol. The van der Waals surface area contributed by atoms with Crippen LogP contribution in [0.5, 0.6) is 0 Å². The predicted octanol–water partition coefficient (Wildman–Crippen LogP) is 1.12. The molecule has 0 aromatic carbocycles. The topological polar surface area (TPSA) is 68.0 Å². The van der Waals surface area contributed by atoms with Gasteiger partial charge in [0.2, 0.25) is 5.91 Å². The molecule has 0 saturated carbocycles. The molecular weight excluding hydrogens is 214 g/mol. The number of rotatable bonds is 7. The third-order valence-electron chi connectivity index (χ3n) is 2.70. The van der Waals surface area contributed by atoms with Gasteiger partial charge in [-0.1, -0.05) is 13.0 Å². The van der Waals surface area contributed by atoms with Gasteiger partial charge < -0.3 is 11.1 Å². The number of aromatic nitrogens is 1. The first kappa shape index (κ1) is 13.6. The first-order valence-corrected chi connectivity index (χ1v) is 6.09. The minimum Gasteiger partial charge on any atom is -0.356 e. The Hall–Kier alpha value is -1.42. The van der Waals surface area contributed by atoms with Gasteiger partial charge >= 0.3 is 0 Å². The fourth-order valence-electron chi connectivity index (χ4n) is 1.46. The highest BCUT2D eigenvalue weighted by Gasteiger charge is 2.04. The molecule has 1 amide bonds. The number of nitrogens with one attached hydrogen (secondary N) is 1. The van der Waals surface area contributed by atoms with Crippen molar-refractivity contribution in [2.75, 3.05) is 13.1 Å². The molecular formula is C13H21N3O. The fourth-order valence-corrected chi connectivity index (χ4v) is 1.46. The van der Waals surface area contributed by atoms with Crippen LogP contribution in [-0.4, -0.2) is 24.0 Å². The molecule has 1 atom stereocenters. The lowest BCUT2D eigenvalue weighted by Gasteiger charge is -2.08. The lowest BCUT2D eigenvalue weighted by molar-refractivity contribution is -0.121. The van der Waals surface area contributed by atoms with Crippen LogP contribution in [0.2, 0.25) is 0 Å². The smallest absolute Gasteiger partial charge is 0.220 e. The van der Waals surface area contributed by atoms with E-state index in [2.05, 4.69) is 17.2 Å². The van der Waals surface area contributed by atoms with Gasteiger partial charge in [0, 0.05) is 31.3 Å². The highest BCUT2D eigenvalue weighted by atomic mass is 16.1. The molecule has 0 saturated heterocycles. The zero-order valence-corrected chi connectivity index (χ0v) is 10.4. The zero-order valence-electron chi connectivity index (χ0n) is 10.4. The summed E-state index contributed by atoms with van der Waals surface area (Å²) in [6.45, 7) is 3.34. The maximum Gasteiger partial charge on any atom is 0.220 e. The van der Waals surface area contributed by atoms with Crippen LogP contribution in [0.15, 0.2) is 24.4 Å². The van der Waals surface area contributed by atoms with E-state index in [4.69, 9.17) is 5.73 Å². The molecule has 0 aliphatic carbocycles. The highest BCUT2D eigenvalue weighted by Crippen LogP contribution is 2.02. The average molecular weight is 235 g/mol. The summed E-state index contributed by atoms with van der Waals surface area (Å²) in [7, 11) is 0. The molecule has 3 N–H and O–H groups in total. The first-order chi connectivity index (χ1) is 8.22. The summed E-state index contributed by atoms with van der Waals surface area (Å²) in [5, 5.41) is 2.89. The Bertz CT molecular complexity index is 327. The minimum absolute atomic E-state index is 0.0984. The number of hydrogen-bond acceptors (Lipinski definition) is 3. The monoisotopic (exact) mass is 235 g/mol. The number of pyridine rings is 1. The van der Waals surface area contributed by atoms with Crippen molar-refractivity contribution in [1.29, 1.82) is 0 Å². The summed E-state index contributed by atoms with van der Waals surface area (Å²) in [6.07, 6.45) is 3.95. The van der Waals surface area contributed by atoms with Gasteiger partial charge in [-0.25, -0.2) is 0 Å².